The van der Waals surface area contributed by atoms with Gasteiger partial charge < -0.3 is 20.0 Å². The maximum atomic E-state index is 11.8. The number of ether oxygens (including phenoxy) is 1. The number of rotatable bonds is 5. The maximum Gasteiger partial charge on any atom is 0.329 e. The van der Waals surface area contributed by atoms with Crippen LogP contribution >= 0.6 is 0 Å². The first-order chi connectivity index (χ1) is 12.4. The Bertz CT molecular complexity index is 877. The average molecular weight is 354 g/mol. The Balaban J connectivity index is 2.00. The molecule has 0 radical (unpaired) electrons. The molecule has 0 fully saturated rings. The topological polar surface area (TPSA) is 120 Å². The Labute approximate surface area is 149 Å². The molecule has 0 atom stereocenters. The van der Waals surface area contributed by atoms with Crippen LogP contribution in [0.25, 0.3) is 0 Å². The molecule has 2 rings (SSSR count). The number of amides is 2. The summed E-state index contributed by atoms with van der Waals surface area (Å²) in [5.41, 5.74) is 3.63. The van der Waals surface area contributed by atoms with Crippen LogP contribution in [0.2, 0.25) is 0 Å². The van der Waals surface area contributed by atoms with Crippen molar-refractivity contribution in [2.24, 2.45) is 5.10 Å². The van der Waals surface area contributed by atoms with E-state index < -0.39 is 17.8 Å². The van der Waals surface area contributed by atoms with E-state index in [4.69, 9.17) is 4.74 Å². The Morgan fingerprint density at radius 3 is 2.50 bits per heavy atom. The molecule has 8 nitrogen and oxygen atoms in total. The van der Waals surface area contributed by atoms with Gasteiger partial charge in [-0.1, -0.05) is 18.2 Å². The number of hydrogen-bond acceptors (Lipinski definition) is 6. The highest BCUT2D eigenvalue weighted by atomic mass is 16.5. The number of aromatic carboxylic acids is 1. The van der Waals surface area contributed by atoms with E-state index in [0.717, 1.165) is 5.56 Å². The molecule has 2 aromatic carbocycles. The quantitative estimate of drug-likeness (QED) is 0.459. The van der Waals surface area contributed by atoms with Crippen molar-refractivity contribution in [3.8, 4) is 5.75 Å². The van der Waals surface area contributed by atoms with Crippen LogP contribution in [0.15, 0.2) is 47.6 Å². The van der Waals surface area contributed by atoms with Crippen LogP contribution in [0.3, 0.4) is 0 Å². The number of carboxylic acid groups (broad SMARTS) is 1. The molecule has 2 N–H and O–H groups in total. The van der Waals surface area contributed by atoms with Crippen molar-refractivity contribution in [3.05, 3.63) is 59.2 Å². The van der Waals surface area contributed by atoms with E-state index in [1.165, 1.54) is 31.5 Å². The van der Waals surface area contributed by atoms with E-state index in [-0.39, 0.29) is 11.3 Å². The van der Waals surface area contributed by atoms with Gasteiger partial charge >= 0.3 is 11.8 Å². The number of carbonyl (C=O) groups is 3. The van der Waals surface area contributed by atoms with E-state index in [0.29, 0.717) is 11.3 Å². The third kappa shape index (κ3) is 4.67. The molecule has 2 aromatic rings. The van der Waals surface area contributed by atoms with Gasteiger partial charge in [0.2, 0.25) is 0 Å². The zero-order chi connectivity index (χ0) is 19.1. The Morgan fingerprint density at radius 2 is 1.85 bits per heavy atom. The summed E-state index contributed by atoms with van der Waals surface area (Å²) in [6.07, 6.45) is 1.20. The molecule has 0 bridgehead atoms. The highest BCUT2D eigenvalue weighted by molar-refractivity contribution is 6.39. The lowest BCUT2D eigenvalue weighted by atomic mass is 10.1. The fraction of sp³-hybridized carbons (Fsp3) is 0.111. The maximum absolute atomic E-state index is 11.8. The van der Waals surface area contributed by atoms with Crippen LogP contribution in [0.5, 0.6) is 5.75 Å². The van der Waals surface area contributed by atoms with E-state index in [9.17, 15) is 19.5 Å². The molecule has 0 heterocycles. The fourth-order valence-electron chi connectivity index (χ4n) is 2.07. The van der Waals surface area contributed by atoms with Crippen LogP contribution < -0.4 is 20.6 Å². The van der Waals surface area contributed by atoms with Crippen LogP contribution in [-0.4, -0.2) is 31.1 Å². The van der Waals surface area contributed by atoms with E-state index in [1.807, 2.05) is 6.07 Å². The number of methoxy groups -OCH3 is 1. The molecule has 8 heteroatoms. The van der Waals surface area contributed by atoms with Crippen LogP contribution in [0, 0.1) is 6.92 Å². The van der Waals surface area contributed by atoms with Crippen LogP contribution in [0.1, 0.15) is 21.5 Å². The minimum atomic E-state index is -1.40. The average Bonchev–Trinajstić information content (AvgIpc) is 2.63. The van der Waals surface area contributed by atoms with Gasteiger partial charge in [-0.3, -0.25) is 9.59 Å². The number of hydrogen-bond donors (Lipinski definition) is 2. The van der Waals surface area contributed by atoms with Crippen molar-refractivity contribution in [1.29, 1.82) is 0 Å². The summed E-state index contributed by atoms with van der Waals surface area (Å²) in [4.78, 5) is 34.6. The number of aryl methyl sites for hydroxylation is 1. The number of anilines is 1. The number of carbonyl (C=O) groups excluding carboxylic acids is 3. The van der Waals surface area contributed by atoms with Crippen molar-refractivity contribution in [3.63, 3.8) is 0 Å². The Hall–Kier alpha value is -3.68. The minimum Gasteiger partial charge on any atom is -0.545 e. The summed E-state index contributed by atoms with van der Waals surface area (Å²) in [7, 11) is 1.34. The third-order valence-electron chi connectivity index (χ3n) is 3.42. The Kier molecular flexibility index (Phi) is 6.05. The molecule has 0 spiro atoms. The first-order valence-corrected chi connectivity index (χ1v) is 7.51. The van der Waals surface area contributed by atoms with E-state index in [2.05, 4.69) is 15.8 Å². The van der Waals surface area contributed by atoms with Crippen LogP contribution in [-0.2, 0) is 9.59 Å². The lowest BCUT2D eigenvalue weighted by Crippen LogP contribution is -2.32. The molecule has 0 saturated carbocycles. The molecule has 0 saturated heterocycles. The van der Waals surface area contributed by atoms with Crippen molar-refractivity contribution < 1.29 is 24.2 Å². The van der Waals surface area contributed by atoms with Gasteiger partial charge in [0.25, 0.3) is 0 Å². The molecule has 0 aromatic heterocycles. The van der Waals surface area contributed by atoms with Crippen LogP contribution in [0.4, 0.5) is 5.69 Å². The largest absolute Gasteiger partial charge is 0.545 e. The summed E-state index contributed by atoms with van der Waals surface area (Å²) >= 11 is 0. The molecular weight excluding hydrogens is 338 g/mol. The summed E-state index contributed by atoms with van der Waals surface area (Å²) in [5.74, 6) is -3.10. The second-order valence-corrected chi connectivity index (χ2v) is 5.22. The monoisotopic (exact) mass is 354 g/mol. The number of nitrogens with one attached hydrogen (secondary N) is 2. The normalized spacial score (nSPS) is 10.4. The number of nitrogens with zero attached hydrogens (tertiary/aromatic N) is 1. The Morgan fingerprint density at radius 1 is 1.12 bits per heavy atom. The standard InChI is InChI=1S/C18H17N3O5/c1-11-5-3-4-6-14(11)20-16(22)17(23)21-19-10-12-7-8-15(26-2)13(9-12)18(24)25/h3-10H,1-2H3,(H,20,22)(H,21,23)(H,24,25)/p-1/b19-10-. The highest BCUT2D eigenvalue weighted by Crippen LogP contribution is 2.18. The fourth-order valence-corrected chi connectivity index (χ4v) is 2.07. The van der Waals surface area contributed by atoms with Crippen molar-refractivity contribution >= 4 is 29.7 Å². The predicted octanol–water partition coefficient (Wildman–Crippen LogP) is 0.456. The van der Waals surface area contributed by atoms with E-state index >= 15 is 0 Å². The summed E-state index contributed by atoms with van der Waals surface area (Å²) in [6, 6.07) is 11.2. The van der Waals surface area contributed by atoms with Crippen molar-refractivity contribution in [1.82, 2.24) is 5.43 Å². The van der Waals surface area contributed by atoms with Gasteiger partial charge in [0.15, 0.2) is 0 Å². The summed E-state index contributed by atoms with van der Waals surface area (Å²) in [5, 5.41) is 17.2. The van der Waals surface area contributed by atoms with Gasteiger partial charge in [0.1, 0.15) is 5.75 Å². The predicted molar refractivity (Wildman–Crippen MR) is 92.9 cm³/mol. The molecule has 0 aliphatic rings. The second kappa shape index (κ2) is 8.43. The van der Waals surface area contributed by atoms with E-state index in [1.54, 1.807) is 25.1 Å². The van der Waals surface area contributed by atoms with Gasteiger partial charge in [-0.05, 0) is 42.3 Å². The van der Waals surface area contributed by atoms with Gasteiger partial charge in [-0.25, -0.2) is 5.43 Å². The molecule has 134 valence electrons. The second-order valence-electron chi connectivity index (χ2n) is 5.22. The molecule has 26 heavy (non-hydrogen) atoms. The molecule has 0 unspecified atom stereocenters. The zero-order valence-electron chi connectivity index (χ0n) is 14.1. The van der Waals surface area contributed by atoms with Gasteiger partial charge in [0.05, 0.1) is 19.3 Å². The molecule has 0 aliphatic carbocycles. The lowest BCUT2D eigenvalue weighted by molar-refractivity contribution is -0.255. The third-order valence-corrected chi connectivity index (χ3v) is 3.42. The van der Waals surface area contributed by atoms with Gasteiger partial charge in [-0.15, -0.1) is 0 Å². The molecule has 0 aliphatic heterocycles. The number of benzene rings is 2. The molecule has 2 amide bonds. The number of carboxylic acids is 1. The zero-order valence-corrected chi connectivity index (χ0v) is 14.1. The van der Waals surface area contributed by atoms with Crippen molar-refractivity contribution in [2.45, 2.75) is 6.92 Å². The minimum absolute atomic E-state index is 0.142. The first kappa shape index (κ1) is 18.7. The number of para-hydroxylation sites is 1. The summed E-state index contributed by atoms with van der Waals surface area (Å²) < 4.78 is 4.91. The SMILES string of the molecule is COc1ccc(/C=N\NC(=O)C(=O)Nc2ccccc2C)cc1C(=O)[O-]. The van der Waals surface area contributed by atoms with Gasteiger partial charge in [0, 0.05) is 11.3 Å². The lowest BCUT2D eigenvalue weighted by Gasteiger charge is -2.09. The summed E-state index contributed by atoms with van der Waals surface area (Å²) in [6.45, 7) is 1.80. The smallest absolute Gasteiger partial charge is 0.329 e. The van der Waals surface area contributed by atoms with Gasteiger partial charge in [-0.2, -0.15) is 5.10 Å². The number of hydrazone groups is 1. The highest BCUT2D eigenvalue weighted by Gasteiger charge is 2.13. The molecular formula is C18H16N3O5-. The van der Waals surface area contributed by atoms with Crippen molar-refractivity contribution in [2.75, 3.05) is 12.4 Å². The first-order valence-electron chi connectivity index (χ1n) is 7.51.